The van der Waals surface area contributed by atoms with E-state index in [1.807, 2.05) is 31.2 Å². The van der Waals surface area contributed by atoms with Gasteiger partial charge in [-0.1, -0.05) is 47.5 Å². The summed E-state index contributed by atoms with van der Waals surface area (Å²) in [4.78, 5) is 26.4. The van der Waals surface area contributed by atoms with E-state index < -0.39 is 6.04 Å². The van der Waals surface area contributed by atoms with Crippen LogP contribution in [0, 0.1) is 6.92 Å². The third-order valence-electron chi connectivity index (χ3n) is 4.26. The number of benzene rings is 2. The zero-order valence-electron chi connectivity index (χ0n) is 15.5. The maximum absolute atomic E-state index is 12.8. The first-order valence-corrected chi connectivity index (χ1v) is 9.22. The minimum absolute atomic E-state index is 0.242. The van der Waals surface area contributed by atoms with E-state index in [2.05, 4.69) is 5.32 Å². The molecule has 144 valence electrons. The van der Waals surface area contributed by atoms with Crippen LogP contribution < -0.4 is 10.1 Å². The van der Waals surface area contributed by atoms with Crippen molar-refractivity contribution in [3.05, 3.63) is 63.6 Å². The highest BCUT2D eigenvalue weighted by Gasteiger charge is 2.26. The highest BCUT2D eigenvalue weighted by Crippen LogP contribution is 2.27. The summed E-state index contributed by atoms with van der Waals surface area (Å²) in [6, 6.07) is 11.9. The molecule has 2 aromatic carbocycles. The van der Waals surface area contributed by atoms with E-state index in [-0.39, 0.29) is 18.4 Å². The predicted molar refractivity (Wildman–Crippen MR) is 107 cm³/mol. The van der Waals surface area contributed by atoms with E-state index in [9.17, 15) is 9.59 Å². The quantitative estimate of drug-likeness (QED) is 0.756. The molecule has 0 spiro atoms. The van der Waals surface area contributed by atoms with E-state index in [1.54, 1.807) is 32.2 Å². The molecule has 0 radical (unpaired) electrons. The normalized spacial score (nSPS) is 11.6. The summed E-state index contributed by atoms with van der Waals surface area (Å²) in [7, 11) is 1.54. The molecule has 1 N–H and O–H groups in total. The van der Waals surface area contributed by atoms with Crippen molar-refractivity contribution in [2.24, 2.45) is 0 Å². The Morgan fingerprint density at radius 3 is 2.52 bits per heavy atom. The van der Waals surface area contributed by atoms with Gasteiger partial charge in [-0.2, -0.15) is 0 Å². The molecule has 5 nitrogen and oxygen atoms in total. The molecule has 0 bridgehead atoms. The number of rotatable bonds is 7. The highest BCUT2D eigenvalue weighted by molar-refractivity contribution is 6.35. The third kappa shape index (κ3) is 5.62. The zero-order chi connectivity index (χ0) is 20.0. The molecular weight excluding hydrogens is 387 g/mol. The minimum Gasteiger partial charge on any atom is -0.482 e. The van der Waals surface area contributed by atoms with Gasteiger partial charge in [0.1, 0.15) is 11.8 Å². The molecule has 0 unspecified atom stereocenters. The Morgan fingerprint density at radius 1 is 1.19 bits per heavy atom. The summed E-state index contributed by atoms with van der Waals surface area (Å²) in [6.45, 7) is 3.71. The van der Waals surface area contributed by atoms with Gasteiger partial charge in [0.15, 0.2) is 6.61 Å². The van der Waals surface area contributed by atoms with Crippen molar-refractivity contribution < 1.29 is 14.3 Å². The second kappa shape index (κ2) is 9.62. The second-order valence-corrected chi connectivity index (χ2v) is 6.95. The van der Waals surface area contributed by atoms with E-state index in [4.69, 9.17) is 27.9 Å². The molecule has 0 aliphatic heterocycles. The van der Waals surface area contributed by atoms with Gasteiger partial charge in [0.2, 0.25) is 5.91 Å². The van der Waals surface area contributed by atoms with Crippen LogP contribution in [0.15, 0.2) is 42.5 Å². The van der Waals surface area contributed by atoms with Gasteiger partial charge in [-0.25, -0.2) is 0 Å². The molecule has 0 saturated heterocycles. The fraction of sp³-hybridized carbons (Fsp3) is 0.300. The summed E-state index contributed by atoms with van der Waals surface area (Å²) in [5.41, 5.74) is 2.01. The van der Waals surface area contributed by atoms with Gasteiger partial charge in [0, 0.05) is 18.6 Å². The second-order valence-electron chi connectivity index (χ2n) is 6.10. The number of ether oxygens (including phenoxy) is 1. The maximum Gasteiger partial charge on any atom is 0.261 e. The molecule has 0 heterocycles. The third-order valence-corrected chi connectivity index (χ3v) is 4.79. The van der Waals surface area contributed by atoms with Crippen LogP contribution in [0.5, 0.6) is 5.75 Å². The van der Waals surface area contributed by atoms with E-state index in [0.717, 1.165) is 11.1 Å². The Kier molecular flexibility index (Phi) is 7.51. The molecule has 1 atom stereocenters. The smallest absolute Gasteiger partial charge is 0.261 e. The van der Waals surface area contributed by atoms with Crippen molar-refractivity contribution in [2.75, 3.05) is 13.7 Å². The number of aryl methyl sites for hydroxylation is 1. The lowest BCUT2D eigenvalue weighted by atomic mass is 10.1. The van der Waals surface area contributed by atoms with Crippen molar-refractivity contribution in [1.29, 1.82) is 0 Å². The van der Waals surface area contributed by atoms with Crippen molar-refractivity contribution >= 4 is 35.0 Å². The number of carbonyl (C=O) groups excluding carboxylic acids is 2. The molecule has 0 aromatic heterocycles. The first kappa shape index (κ1) is 21.1. The van der Waals surface area contributed by atoms with Crippen LogP contribution >= 0.6 is 23.2 Å². The first-order valence-electron chi connectivity index (χ1n) is 8.47. The maximum atomic E-state index is 12.8. The molecule has 27 heavy (non-hydrogen) atoms. The average Bonchev–Trinajstić information content (AvgIpc) is 2.65. The molecule has 0 aliphatic carbocycles. The first-order chi connectivity index (χ1) is 12.8. The molecular formula is C20H22Cl2N2O3. The number of amides is 2. The fourth-order valence-electron chi connectivity index (χ4n) is 2.58. The van der Waals surface area contributed by atoms with Crippen LogP contribution in [0.25, 0.3) is 0 Å². The van der Waals surface area contributed by atoms with Gasteiger partial charge in [-0.15, -0.1) is 0 Å². The van der Waals surface area contributed by atoms with Crippen LogP contribution in [0.2, 0.25) is 10.0 Å². The van der Waals surface area contributed by atoms with Crippen LogP contribution in [0.1, 0.15) is 18.1 Å². The van der Waals surface area contributed by atoms with Gasteiger partial charge in [-0.3, -0.25) is 9.59 Å². The average molecular weight is 409 g/mol. The van der Waals surface area contributed by atoms with Crippen molar-refractivity contribution in [3.8, 4) is 5.75 Å². The summed E-state index contributed by atoms with van der Waals surface area (Å²) in [5, 5.41) is 3.38. The summed E-state index contributed by atoms with van der Waals surface area (Å²) < 4.78 is 5.55. The highest BCUT2D eigenvalue weighted by atomic mass is 35.5. The Bertz CT molecular complexity index is 827. The molecule has 7 heteroatoms. The van der Waals surface area contributed by atoms with E-state index in [0.29, 0.717) is 22.3 Å². The minimum atomic E-state index is -0.647. The van der Waals surface area contributed by atoms with Crippen LogP contribution in [-0.2, 0) is 16.1 Å². The number of halogens is 2. The van der Waals surface area contributed by atoms with Crippen LogP contribution in [-0.4, -0.2) is 36.4 Å². The standard InChI is InChI=1S/C20H22Cl2N2O3/c1-13-6-4-5-7-15(13)11-24(14(2)20(26)23-3)19(25)12-27-18-9-8-16(21)10-17(18)22/h4-10,14H,11-12H2,1-3H3,(H,23,26)/t14-/m0/s1. The number of likely N-dealkylation sites (N-methyl/N-ethyl adjacent to an activating group) is 1. The summed E-state index contributed by atoms with van der Waals surface area (Å²) in [5.74, 6) is -0.209. The lowest BCUT2D eigenvalue weighted by Gasteiger charge is -2.29. The van der Waals surface area contributed by atoms with Crippen molar-refractivity contribution in [2.45, 2.75) is 26.4 Å². The number of hydrogen-bond donors (Lipinski definition) is 1. The lowest BCUT2D eigenvalue weighted by molar-refractivity contribution is -0.142. The van der Waals surface area contributed by atoms with Gasteiger partial charge in [-0.05, 0) is 43.2 Å². The summed E-state index contributed by atoms with van der Waals surface area (Å²) >= 11 is 11.9. The van der Waals surface area contributed by atoms with Crippen LogP contribution in [0.3, 0.4) is 0 Å². The van der Waals surface area contributed by atoms with E-state index >= 15 is 0 Å². The SMILES string of the molecule is CNC(=O)[C@H](C)N(Cc1ccccc1C)C(=O)COc1ccc(Cl)cc1Cl. The number of hydrogen-bond acceptors (Lipinski definition) is 3. The monoisotopic (exact) mass is 408 g/mol. The number of nitrogens with one attached hydrogen (secondary N) is 1. The van der Waals surface area contributed by atoms with Gasteiger partial charge >= 0.3 is 0 Å². The van der Waals surface area contributed by atoms with Crippen LogP contribution in [0.4, 0.5) is 0 Å². The van der Waals surface area contributed by atoms with Gasteiger partial charge < -0.3 is 15.0 Å². The number of nitrogens with zero attached hydrogens (tertiary/aromatic N) is 1. The van der Waals surface area contributed by atoms with Gasteiger partial charge in [0.25, 0.3) is 5.91 Å². The number of carbonyl (C=O) groups is 2. The Labute approximate surface area is 169 Å². The Balaban J connectivity index is 2.17. The van der Waals surface area contributed by atoms with Crippen molar-refractivity contribution in [1.82, 2.24) is 10.2 Å². The lowest BCUT2D eigenvalue weighted by Crippen LogP contribution is -2.48. The molecule has 0 aliphatic rings. The van der Waals surface area contributed by atoms with E-state index in [1.165, 1.54) is 4.90 Å². The van der Waals surface area contributed by atoms with Gasteiger partial charge in [0.05, 0.1) is 5.02 Å². The molecule has 2 aromatic rings. The van der Waals surface area contributed by atoms with Crippen molar-refractivity contribution in [3.63, 3.8) is 0 Å². The molecule has 2 amide bonds. The zero-order valence-corrected chi connectivity index (χ0v) is 17.0. The molecule has 0 saturated carbocycles. The Hall–Kier alpha value is -2.24. The topological polar surface area (TPSA) is 58.6 Å². The molecule has 2 rings (SSSR count). The largest absolute Gasteiger partial charge is 0.482 e. The Morgan fingerprint density at radius 2 is 1.89 bits per heavy atom. The molecule has 0 fully saturated rings. The summed E-state index contributed by atoms with van der Waals surface area (Å²) in [6.07, 6.45) is 0. The predicted octanol–water partition coefficient (Wildman–Crippen LogP) is 3.84. The fourth-order valence-corrected chi connectivity index (χ4v) is 3.04.